The number of nitrogens with zero attached hydrogens (tertiary/aromatic N) is 2. The Labute approximate surface area is 182 Å². The number of carbonyl (C=O) groups is 1. The van der Waals surface area contributed by atoms with Crippen molar-refractivity contribution in [2.75, 3.05) is 44.6 Å². The maximum Gasteiger partial charge on any atom is 0.238 e. The number of carbonyl (C=O) groups excluding carboxylic acids is 1. The van der Waals surface area contributed by atoms with Crippen molar-refractivity contribution < 1.29 is 4.79 Å². The lowest BCUT2D eigenvalue weighted by Crippen LogP contribution is -2.53. The second-order valence-electron chi connectivity index (χ2n) is 8.16. The van der Waals surface area contributed by atoms with E-state index < -0.39 is 0 Å². The van der Waals surface area contributed by atoms with E-state index in [1.54, 1.807) is 0 Å². The molecule has 2 N–H and O–H groups in total. The van der Waals surface area contributed by atoms with Crippen molar-refractivity contribution in [3.63, 3.8) is 0 Å². The van der Waals surface area contributed by atoms with E-state index in [9.17, 15) is 4.79 Å². The predicted molar refractivity (Wildman–Crippen MR) is 126 cm³/mol. The van der Waals surface area contributed by atoms with Crippen LogP contribution in [0.4, 0.5) is 5.69 Å². The topological polar surface area (TPSA) is 47.6 Å². The summed E-state index contributed by atoms with van der Waals surface area (Å²) in [6.45, 7) is 13.5. The second-order valence-corrected chi connectivity index (χ2v) is 8.55. The van der Waals surface area contributed by atoms with Gasteiger partial charge in [0.05, 0.1) is 6.54 Å². The number of anilines is 1. The van der Waals surface area contributed by atoms with E-state index in [-0.39, 0.29) is 5.91 Å². The summed E-state index contributed by atoms with van der Waals surface area (Å²) in [6.07, 6.45) is 5.00. The molecule has 1 atom stereocenters. The highest BCUT2D eigenvalue weighted by Crippen LogP contribution is 2.18. The third kappa shape index (κ3) is 7.59. The fraction of sp³-hybridized carbons (Fsp3) is 0.652. The Morgan fingerprint density at radius 1 is 1.17 bits per heavy atom. The molecular weight excluding hydrogens is 380 g/mol. The number of aryl methyl sites for hydroxylation is 1. The van der Waals surface area contributed by atoms with Crippen molar-refractivity contribution >= 4 is 28.9 Å². The highest BCUT2D eigenvalue weighted by atomic mass is 32.1. The van der Waals surface area contributed by atoms with Crippen LogP contribution in [0.15, 0.2) is 18.2 Å². The van der Waals surface area contributed by atoms with Gasteiger partial charge in [-0.1, -0.05) is 45.2 Å². The molecule has 0 spiro atoms. The van der Waals surface area contributed by atoms with E-state index in [0.717, 1.165) is 49.1 Å². The van der Waals surface area contributed by atoms with E-state index in [2.05, 4.69) is 47.3 Å². The van der Waals surface area contributed by atoms with Crippen LogP contribution in [-0.2, 0) is 4.79 Å². The quantitative estimate of drug-likeness (QED) is 0.595. The summed E-state index contributed by atoms with van der Waals surface area (Å²) in [7, 11) is 0. The minimum atomic E-state index is 0.0505. The van der Waals surface area contributed by atoms with Crippen molar-refractivity contribution in [1.29, 1.82) is 0 Å². The summed E-state index contributed by atoms with van der Waals surface area (Å²) in [5.74, 6) is 0.748. The molecule has 2 rings (SSSR count). The number of hydrogen-bond donors (Lipinski definition) is 2. The molecule has 1 aromatic carbocycles. The van der Waals surface area contributed by atoms with Gasteiger partial charge in [0, 0.05) is 38.4 Å². The first-order chi connectivity index (χ1) is 13.9. The van der Waals surface area contributed by atoms with E-state index in [1.165, 1.54) is 31.2 Å². The molecule has 162 valence electrons. The minimum Gasteiger partial charge on any atom is -0.362 e. The lowest BCUT2D eigenvalue weighted by Gasteiger charge is -2.36. The zero-order valence-electron chi connectivity index (χ0n) is 18.6. The standard InChI is InChI=1S/C23H38N4OS/c1-5-7-10-20(6-2)16-24-23(29)27-14-12-26(13-15-27)17-22(28)25-21-11-8-9-18(3)19(21)4/h8-9,11,20H,5-7,10,12-17H2,1-4H3,(H,24,29)(H,25,28)/t20-/m0/s1. The van der Waals surface area contributed by atoms with Crippen molar-refractivity contribution in [2.45, 2.75) is 53.4 Å². The lowest BCUT2D eigenvalue weighted by atomic mass is 9.99. The summed E-state index contributed by atoms with van der Waals surface area (Å²) in [6, 6.07) is 6.01. The second kappa shape index (κ2) is 12.1. The normalized spacial score (nSPS) is 15.8. The molecule has 1 aliphatic rings. The largest absolute Gasteiger partial charge is 0.362 e. The molecule has 0 aromatic heterocycles. The Kier molecular flexibility index (Phi) is 9.88. The minimum absolute atomic E-state index is 0.0505. The van der Waals surface area contributed by atoms with Crippen LogP contribution in [0.1, 0.15) is 50.7 Å². The van der Waals surface area contributed by atoms with Gasteiger partial charge in [-0.3, -0.25) is 9.69 Å². The van der Waals surface area contributed by atoms with E-state index in [0.29, 0.717) is 12.5 Å². The molecular formula is C23H38N4OS. The van der Waals surface area contributed by atoms with Crippen LogP contribution in [0.2, 0.25) is 0 Å². The molecule has 1 saturated heterocycles. The molecule has 1 aliphatic heterocycles. The molecule has 0 radical (unpaired) electrons. The number of unbranched alkanes of at least 4 members (excludes halogenated alkanes) is 1. The first-order valence-corrected chi connectivity index (χ1v) is 11.5. The Morgan fingerprint density at radius 2 is 1.90 bits per heavy atom. The van der Waals surface area contributed by atoms with Crippen molar-refractivity contribution in [1.82, 2.24) is 15.1 Å². The summed E-state index contributed by atoms with van der Waals surface area (Å²) in [5, 5.41) is 7.39. The molecule has 0 unspecified atom stereocenters. The van der Waals surface area contributed by atoms with Crippen molar-refractivity contribution in [3.05, 3.63) is 29.3 Å². The third-order valence-electron chi connectivity index (χ3n) is 5.99. The fourth-order valence-corrected chi connectivity index (χ4v) is 3.94. The van der Waals surface area contributed by atoms with E-state index in [4.69, 9.17) is 12.2 Å². The van der Waals surface area contributed by atoms with E-state index >= 15 is 0 Å². The molecule has 1 aromatic rings. The SMILES string of the molecule is CCCC[C@H](CC)CNC(=S)N1CCN(CC(=O)Nc2cccc(C)c2C)CC1. The van der Waals surface area contributed by atoms with Gasteiger partial charge in [0.15, 0.2) is 5.11 Å². The summed E-state index contributed by atoms with van der Waals surface area (Å²) in [5.41, 5.74) is 3.23. The molecule has 1 fully saturated rings. The van der Waals surface area contributed by atoms with Gasteiger partial charge in [-0.05, 0) is 55.6 Å². The number of piperazine rings is 1. The molecule has 0 saturated carbocycles. The van der Waals surface area contributed by atoms with Gasteiger partial charge >= 0.3 is 0 Å². The number of thiocarbonyl (C=S) groups is 1. The van der Waals surface area contributed by atoms with Gasteiger partial charge in [0.1, 0.15) is 0 Å². The maximum absolute atomic E-state index is 12.5. The third-order valence-corrected chi connectivity index (χ3v) is 6.39. The fourth-order valence-electron chi connectivity index (χ4n) is 3.68. The molecule has 6 heteroatoms. The average Bonchev–Trinajstić information content (AvgIpc) is 2.72. The van der Waals surface area contributed by atoms with Gasteiger partial charge in [-0.25, -0.2) is 0 Å². The van der Waals surface area contributed by atoms with Crippen LogP contribution < -0.4 is 10.6 Å². The smallest absolute Gasteiger partial charge is 0.238 e. The maximum atomic E-state index is 12.5. The predicted octanol–water partition coefficient (Wildman–Crippen LogP) is 3.95. The van der Waals surface area contributed by atoms with Crippen molar-refractivity contribution in [3.8, 4) is 0 Å². The number of rotatable bonds is 9. The zero-order valence-corrected chi connectivity index (χ0v) is 19.4. The first-order valence-electron chi connectivity index (χ1n) is 11.1. The monoisotopic (exact) mass is 418 g/mol. The Balaban J connectivity index is 1.72. The number of hydrogen-bond acceptors (Lipinski definition) is 3. The van der Waals surface area contributed by atoms with Crippen LogP contribution >= 0.6 is 12.2 Å². The van der Waals surface area contributed by atoms with E-state index in [1.807, 2.05) is 19.1 Å². The van der Waals surface area contributed by atoms with Gasteiger partial charge in [-0.2, -0.15) is 0 Å². The molecule has 29 heavy (non-hydrogen) atoms. The molecule has 1 amide bonds. The van der Waals surface area contributed by atoms with Gasteiger partial charge < -0.3 is 15.5 Å². The van der Waals surface area contributed by atoms with Gasteiger partial charge in [0.25, 0.3) is 0 Å². The molecule has 1 heterocycles. The highest BCUT2D eigenvalue weighted by molar-refractivity contribution is 7.80. The Hall–Kier alpha value is -1.66. The first kappa shape index (κ1) is 23.6. The summed E-state index contributed by atoms with van der Waals surface area (Å²) in [4.78, 5) is 16.9. The van der Waals surface area contributed by atoms with Crippen LogP contribution in [0.3, 0.4) is 0 Å². The Bertz CT molecular complexity index is 671. The lowest BCUT2D eigenvalue weighted by molar-refractivity contribution is -0.117. The number of amides is 1. The van der Waals surface area contributed by atoms with Crippen LogP contribution in [-0.4, -0.2) is 60.1 Å². The zero-order chi connectivity index (χ0) is 21.2. The molecule has 5 nitrogen and oxygen atoms in total. The van der Waals surface area contributed by atoms with Crippen LogP contribution in [0.25, 0.3) is 0 Å². The summed E-state index contributed by atoms with van der Waals surface area (Å²) < 4.78 is 0. The summed E-state index contributed by atoms with van der Waals surface area (Å²) >= 11 is 5.61. The highest BCUT2D eigenvalue weighted by Gasteiger charge is 2.21. The van der Waals surface area contributed by atoms with Crippen molar-refractivity contribution in [2.24, 2.45) is 5.92 Å². The van der Waals surface area contributed by atoms with Crippen LogP contribution in [0.5, 0.6) is 0 Å². The molecule has 0 aliphatic carbocycles. The van der Waals surface area contributed by atoms with Crippen LogP contribution in [0, 0.1) is 19.8 Å². The number of benzene rings is 1. The van der Waals surface area contributed by atoms with Gasteiger partial charge in [-0.15, -0.1) is 0 Å². The Morgan fingerprint density at radius 3 is 2.55 bits per heavy atom. The average molecular weight is 419 g/mol. The van der Waals surface area contributed by atoms with Gasteiger partial charge in [0.2, 0.25) is 5.91 Å². The number of nitrogens with one attached hydrogen (secondary N) is 2. The molecule has 0 bridgehead atoms.